The monoisotopic (exact) mass is 399 g/mol. The third-order valence-corrected chi connectivity index (χ3v) is 3.76. The van der Waals surface area contributed by atoms with E-state index in [-0.39, 0.29) is 24.4 Å². The second kappa shape index (κ2) is 10.5. The molecule has 0 bridgehead atoms. The molecule has 0 saturated carbocycles. The van der Waals surface area contributed by atoms with E-state index in [9.17, 15) is 28.3 Å². The Morgan fingerprint density at radius 2 is 1.71 bits per heavy atom. The van der Waals surface area contributed by atoms with E-state index in [1.165, 1.54) is 26.0 Å². The molecule has 9 heteroatoms. The number of carbonyl (C=O) groups is 3. The number of carbonyl (C=O) groups excluding carboxylic acids is 3. The zero-order chi connectivity index (χ0) is 21.3. The van der Waals surface area contributed by atoms with Gasteiger partial charge in [-0.2, -0.15) is 0 Å². The zero-order valence-electron chi connectivity index (χ0n) is 15.9. The standard InChI is InChI=1S/C19H23F2NO6/c1-4-27-17(25)19(22-12(3)24,18(26)28-5-2)10-9-13(11-23)14-7-6-8-15(20)16(14)21/h6-9,23H,4-5,10-11H2,1-3H3,(H,22,24). The van der Waals surface area contributed by atoms with Gasteiger partial charge in [0, 0.05) is 18.9 Å². The molecule has 0 aromatic heterocycles. The smallest absolute Gasteiger partial charge is 0.344 e. The van der Waals surface area contributed by atoms with Gasteiger partial charge < -0.3 is 19.9 Å². The third-order valence-electron chi connectivity index (χ3n) is 3.76. The Hall–Kier alpha value is -2.81. The van der Waals surface area contributed by atoms with Crippen molar-refractivity contribution >= 4 is 23.4 Å². The molecule has 0 aliphatic rings. The van der Waals surface area contributed by atoms with E-state index in [1.807, 2.05) is 0 Å². The highest BCUT2D eigenvalue weighted by atomic mass is 19.2. The van der Waals surface area contributed by atoms with Gasteiger partial charge in [0.05, 0.1) is 19.8 Å². The average molecular weight is 399 g/mol. The van der Waals surface area contributed by atoms with Crippen molar-refractivity contribution in [3.63, 3.8) is 0 Å². The molecule has 0 saturated heterocycles. The van der Waals surface area contributed by atoms with E-state index in [0.717, 1.165) is 19.1 Å². The lowest BCUT2D eigenvalue weighted by atomic mass is 9.92. The number of benzene rings is 1. The van der Waals surface area contributed by atoms with Crippen LogP contribution in [0.2, 0.25) is 0 Å². The van der Waals surface area contributed by atoms with E-state index < -0.39 is 48.0 Å². The van der Waals surface area contributed by atoms with Crippen molar-refractivity contribution in [2.24, 2.45) is 0 Å². The van der Waals surface area contributed by atoms with Gasteiger partial charge in [-0.1, -0.05) is 18.2 Å². The van der Waals surface area contributed by atoms with Crippen molar-refractivity contribution in [1.29, 1.82) is 0 Å². The summed E-state index contributed by atoms with van der Waals surface area (Å²) in [4.78, 5) is 36.7. The minimum absolute atomic E-state index is 0.0747. The largest absolute Gasteiger partial charge is 0.464 e. The first-order valence-corrected chi connectivity index (χ1v) is 8.60. The molecule has 0 heterocycles. The molecular weight excluding hydrogens is 376 g/mol. The number of aliphatic hydroxyl groups excluding tert-OH is 1. The summed E-state index contributed by atoms with van der Waals surface area (Å²) >= 11 is 0. The number of aliphatic hydroxyl groups is 1. The molecule has 0 atom stereocenters. The van der Waals surface area contributed by atoms with Gasteiger partial charge in [-0.25, -0.2) is 18.4 Å². The van der Waals surface area contributed by atoms with Gasteiger partial charge in [-0.3, -0.25) is 4.79 Å². The highest BCUT2D eigenvalue weighted by molar-refractivity contribution is 6.08. The first kappa shape index (κ1) is 23.2. The maximum atomic E-state index is 14.0. The van der Waals surface area contributed by atoms with Gasteiger partial charge in [0.1, 0.15) is 0 Å². The number of halogens is 2. The van der Waals surface area contributed by atoms with Gasteiger partial charge in [-0.15, -0.1) is 0 Å². The fourth-order valence-electron chi connectivity index (χ4n) is 2.50. The summed E-state index contributed by atoms with van der Waals surface area (Å²) in [5.74, 6) is -5.17. The summed E-state index contributed by atoms with van der Waals surface area (Å²) in [7, 11) is 0. The first-order chi connectivity index (χ1) is 13.2. The van der Waals surface area contributed by atoms with Crippen LogP contribution in [-0.4, -0.2) is 48.3 Å². The van der Waals surface area contributed by atoms with Crippen molar-refractivity contribution in [1.82, 2.24) is 5.32 Å². The molecule has 28 heavy (non-hydrogen) atoms. The zero-order valence-corrected chi connectivity index (χ0v) is 15.9. The molecule has 1 aromatic carbocycles. The van der Waals surface area contributed by atoms with Crippen LogP contribution < -0.4 is 5.32 Å². The predicted octanol–water partition coefficient (Wildman–Crippen LogP) is 1.73. The molecule has 7 nitrogen and oxygen atoms in total. The Morgan fingerprint density at radius 3 is 2.18 bits per heavy atom. The first-order valence-electron chi connectivity index (χ1n) is 8.60. The summed E-state index contributed by atoms with van der Waals surface area (Å²) in [5, 5.41) is 11.8. The van der Waals surface area contributed by atoms with Crippen molar-refractivity contribution in [2.75, 3.05) is 19.8 Å². The van der Waals surface area contributed by atoms with Crippen LogP contribution in [-0.2, 0) is 23.9 Å². The number of ether oxygens (including phenoxy) is 2. The average Bonchev–Trinajstić information content (AvgIpc) is 2.64. The highest BCUT2D eigenvalue weighted by Crippen LogP contribution is 2.24. The molecule has 0 radical (unpaired) electrons. The predicted molar refractivity (Wildman–Crippen MR) is 95.9 cm³/mol. The molecule has 0 aliphatic carbocycles. The number of hydrogen-bond donors (Lipinski definition) is 2. The maximum absolute atomic E-state index is 14.0. The fraction of sp³-hybridized carbons (Fsp3) is 0.421. The van der Waals surface area contributed by atoms with Gasteiger partial charge >= 0.3 is 11.9 Å². The molecule has 1 amide bonds. The van der Waals surface area contributed by atoms with Crippen LogP contribution in [0.3, 0.4) is 0 Å². The van der Waals surface area contributed by atoms with Gasteiger partial charge in [-0.05, 0) is 25.5 Å². The van der Waals surface area contributed by atoms with E-state index >= 15 is 0 Å². The van der Waals surface area contributed by atoms with Crippen LogP contribution in [0.1, 0.15) is 32.8 Å². The Kier molecular flexibility index (Phi) is 8.72. The summed E-state index contributed by atoms with van der Waals surface area (Å²) in [5.41, 5.74) is -2.56. The minimum atomic E-state index is -2.23. The quantitative estimate of drug-likeness (QED) is 0.484. The van der Waals surface area contributed by atoms with Crippen LogP contribution in [0.5, 0.6) is 0 Å². The number of hydrogen-bond acceptors (Lipinski definition) is 6. The summed E-state index contributed by atoms with van der Waals surface area (Å²) in [6, 6.07) is 3.39. The second-order valence-electron chi connectivity index (χ2n) is 5.72. The van der Waals surface area contributed by atoms with E-state index in [1.54, 1.807) is 0 Å². The minimum Gasteiger partial charge on any atom is -0.464 e. The van der Waals surface area contributed by atoms with Gasteiger partial charge in [0.25, 0.3) is 0 Å². The molecule has 0 fully saturated rings. The molecule has 1 rings (SSSR count). The molecule has 1 aromatic rings. The summed E-state index contributed by atoms with van der Waals surface area (Å²) < 4.78 is 37.4. The topological polar surface area (TPSA) is 102 Å². The van der Waals surface area contributed by atoms with Crippen LogP contribution >= 0.6 is 0 Å². The highest BCUT2D eigenvalue weighted by Gasteiger charge is 2.49. The number of rotatable bonds is 9. The molecule has 0 aliphatic heterocycles. The molecule has 2 N–H and O–H groups in total. The Labute approximate surface area is 161 Å². The summed E-state index contributed by atoms with van der Waals surface area (Å²) in [6.45, 7) is 3.26. The fourth-order valence-corrected chi connectivity index (χ4v) is 2.50. The van der Waals surface area contributed by atoms with Crippen molar-refractivity contribution in [2.45, 2.75) is 32.7 Å². The van der Waals surface area contributed by atoms with Crippen LogP contribution in [0.4, 0.5) is 8.78 Å². The molecule has 0 unspecified atom stereocenters. The van der Waals surface area contributed by atoms with E-state index in [4.69, 9.17) is 9.47 Å². The Bertz CT molecular complexity index is 745. The number of amides is 1. The van der Waals surface area contributed by atoms with Crippen molar-refractivity contribution in [3.05, 3.63) is 41.5 Å². The normalized spacial score (nSPS) is 11.7. The molecular formula is C19H23F2NO6. The Morgan fingerprint density at radius 1 is 1.14 bits per heavy atom. The van der Waals surface area contributed by atoms with Gasteiger partial charge in [0.15, 0.2) is 11.6 Å². The van der Waals surface area contributed by atoms with Crippen molar-refractivity contribution < 1.29 is 37.7 Å². The molecule has 0 spiro atoms. The Balaban J connectivity index is 3.45. The second-order valence-corrected chi connectivity index (χ2v) is 5.72. The van der Waals surface area contributed by atoms with Crippen LogP contribution in [0.15, 0.2) is 24.3 Å². The van der Waals surface area contributed by atoms with Crippen LogP contribution in [0.25, 0.3) is 5.57 Å². The number of esters is 2. The van der Waals surface area contributed by atoms with Crippen LogP contribution in [0, 0.1) is 11.6 Å². The SMILES string of the molecule is CCOC(=O)C(CC=C(CO)c1cccc(F)c1F)(NC(C)=O)C(=O)OCC. The number of nitrogens with one attached hydrogen (secondary N) is 1. The van der Waals surface area contributed by atoms with Gasteiger partial charge in [0.2, 0.25) is 11.4 Å². The third kappa shape index (κ3) is 5.35. The summed E-state index contributed by atoms with van der Waals surface area (Å²) in [6.07, 6.45) is 0.651. The molecule has 154 valence electrons. The van der Waals surface area contributed by atoms with Crippen molar-refractivity contribution in [3.8, 4) is 0 Å². The van der Waals surface area contributed by atoms with E-state index in [2.05, 4.69) is 5.32 Å². The lowest BCUT2D eigenvalue weighted by Crippen LogP contribution is -2.60. The van der Waals surface area contributed by atoms with E-state index in [0.29, 0.717) is 0 Å². The lowest BCUT2D eigenvalue weighted by Gasteiger charge is -2.29. The lowest BCUT2D eigenvalue weighted by molar-refractivity contribution is -0.167. The maximum Gasteiger partial charge on any atom is 0.344 e.